The quantitative estimate of drug-likeness (QED) is 0.287. The van der Waals surface area contributed by atoms with Crippen LogP contribution in [0.25, 0.3) is 0 Å². The molecule has 0 unspecified atom stereocenters. The van der Waals surface area contributed by atoms with Crippen molar-refractivity contribution in [2.75, 3.05) is 0 Å². The van der Waals surface area contributed by atoms with Crippen LogP contribution in [0.3, 0.4) is 0 Å². The molecule has 0 aromatic rings. The maximum Gasteiger partial charge on any atom is 0.355 e. The highest BCUT2D eigenvalue weighted by Crippen LogP contribution is 2.17. The largest absolute Gasteiger partial charge is 0.355 e. The number of rotatable bonds is 1. The van der Waals surface area contributed by atoms with Gasteiger partial charge in [-0.05, 0) is 0 Å². The second-order valence-corrected chi connectivity index (χ2v) is 1.07. The molecule has 0 fully saturated rings. The van der Waals surface area contributed by atoms with Crippen LogP contribution >= 0.6 is 0 Å². The molecule has 0 amide bonds. The second kappa shape index (κ2) is 1.65. The molecule has 0 heterocycles. The molecule has 0 aromatic carbocycles. The first-order valence-electron chi connectivity index (χ1n) is 1.44. The molecule has 0 rings (SSSR count). The van der Waals surface area contributed by atoms with E-state index in [-0.39, 0.29) is 6.92 Å². The summed E-state index contributed by atoms with van der Waals surface area (Å²) in [4.78, 5) is 0. The Balaban J connectivity index is 3.54. The predicted molar refractivity (Wildman–Crippen MR) is 14.7 cm³/mol. The zero-order valence-electron chi connectivity index (χ0n) is 3.46. The van der Waals surface area contributed by atoms with Crippen LogP contribution in [-0.2, 0) is 0 Å². The van der Waals surface area contributed by atoms with E-state index < -0.39 is 11.4 Å². The van der Waals surface area contributed by atoms with Crippen molar-refractivity contribution in [3.05, 3.63) is 0 Å². The summed E-state index contributed by atoms with van der Waals surface area (Å²) in [5.41, 5.74) is 0. The van der Waals surface area contributed by atoms with E-state index >= 15 is 0 Å². The fourth-order valence-corrected chi connectivity index (χ4v) is 0. The topological polar surface area (TPSA) is 3.24 Å². The third kappa shape index (κ3) is 2.38. The van der Waals surface area contributed by atoms with Gasteiger partial charge in [-0.3, -0.25) is 0 Å². The average molecular weight is 117 g/mol. The number of nitrogens with zero attached hydrogens (tertiary/aromatic N) is 1. The van der Waals surface area contributed by atoms with Crippen molar-refractivity contribution in [3.8, 4) is 0 Å². The molecule has 0 N–H and O–H groups in total. The molecule has 0 aromatic heterocycles. The van der Waals surface area contributed by atoms with Gasteiger partial charge in [-0.1, -0.05) is 8.96 Å². The first-order chi connectivity index (χ1) is 2.94. The maximum absolute atomic E-state index is 11.0. The molecule has 0 aliphatic carbocycles. The van der Waals surface area contributed by atoms with Crippen molar-refractivity contribution in [2.24, 2.45) is 0 Å². The third-order valence-corrected chi connectivity index (χ3v) is 0.297. The van der Waals surface area contributed by atoms with Crippen LogP contribution in [0.5, 0.6) is 0 Å². The van der Waals surface area contributed by atoms with Crippen molar-refractivity contribution < 1.29 is 17.7 Å². The summed E-state index contributed by atoms with van der Waals surface area (Å²) in [5.74, 6) is 0. The van der Waals surface area contributed by atoms with Crippen molar-refractivity contribution in [1.29, 1.82) is 0 Å². The molecule has 0 saturated carbocycles. The Bertz CT molecular complexity index is 55.2. The van der Waals surface area contributed by atoms with E-state index in [2.05, 4.69) is 0 Å². The van der Waals surface area contributed by atoms with Crippen molar-refractivity contribution in [2.45, 2.75) is 13.0 Å². The highest BCUT2D eigenvalue weighted by Gasteiger charge is 2.31. The minimum Gasteiger partial charge on any atom is -0.183 e. The Kier molecular flexibility index (Phi) is 1.58. The van der Waals surface area contributed by atoms with Crippen molar-refractivity contribution in [1.82, 2.24) is 5.34 Å². The number of hydrogen-bond acceptors (Lipinski definition) is 1. The van der Waals surface area contributed by atoms with Gasteiger partial charge in [-0.25, -0.2) is 0 Å². The molecule has 0 spiro atoms. The molecular formula is C2H3F4N. The van der Waals surface area contributed by atoms with E-state index in [0.717, 1.165) is 0 Å². The Hall–Kier alpha value is -0.320. The minimum absolute atomic E-state index is 0.104. The molecular weight excluding hydrogens is 114 g/mol. The number of alkyl halides is 2. The second-order valence-electron chi connectivity index (χ2n) is 1.07. The van der Waals surface area contributed by atoms with Crippen LogP contribution in [0.2, 0.25) is 0 Å². The molecule has 0 bridgehead atoms. The molecule has 0 saturated heterocycles. The zero-order chi connectivity index (χ0) is 6.08. The molecule has 5 heteroatoms. The Morgan fingerprint density at radius 3 is 1.43 bits per heavy atom. The monoisotopic (exact) mass is 117 g/mol. The lowest BCUT2D eigenvalue weighted by molar-refractivity contribution is -0.323. The SMILES string of the molecule is CC(F)(F)N(F)F. The standard InChI is InChI=1S/C2H3F4N/c1-2(3,4)7(5)6/h1H3. The minimum atomic E-state index is -4.00. The molecule has 7 heavy (non-hydrogen) atoms. The zero-order valence-corrected chi connectivity index (χ0v) is 3.46. The summed E-state index contributed by atoms with van der Waals surface area (Å²) >= 11 is 0. The smallest absolute Gasteiger partial charge is 0.183 e. The first-order valence-corrected chi connectivity index (χ1v) is 1.44. The summed E-state index contributed by atoms with van der Waals surface area (Å²) in [6, 6.07) is -4.00. The van der Waals surface area contributed by atoms with Crippen LogP contribution in [0, 0.1) is 0 Å². The van der Waals surface area contributed by atoms with Crippen LogP contribution < -0.4 is 0 Å². The fraction of sp³-hybridized carbons (Fsp3) is 1.00. The predicted octanol–water partition coefficient (Wildman–Crippen LogP) is 1.67. The van der Waals surface area contributed by atoms with Gasteiger partial charge in [0.25, 0.3) is 0 Å². The molecule has 0 aliphatic rings. The van der Waals surface area contributed by atoms with Gasteiger partial charge in [0.1, 0.15) is 0 Å². The van der Waals surface area contributed by atoms with Gasteiger partial charge >= 0.3 is 6.05 Å². The fourth-order valence-electron chi connectivity index (χ4n) is 0. The van der Waals surface area contributed by atoms with Crippen molar-refractivity contribution >= 4 is 0 Å². The lowest BCUT2D eigenvalue weighted by Crippen LogP contribution is -2.24. The van der Waals surface area contributed by atoms with Crippen LogP contribution in [0.1, 0.15) is 6.92 Å². The molecule has 1 nitrogen and oxygen atoms in total. The van der Waals surface area contributed by atoms with Gasteiger partial charge in [0.05, 0.1) is 5.34 Å². The van der Waals surface area contributed by atoms with E-state index in [0.29, 0.717) is 0 Å². The van der Waals surface area contributed by atoms with E-state index in [4.69, 9.17) is 0 Å². The van der Waals surface area contributed by atoms with E-state index in [1.165, 1.54) is 0 Å². The van der Waals surface area contributed by atoms with E-state index in [9.17, 15) is 17.7 Å². The summed E-state index contributed by atoms with van der Waals surface area (Å²) in [5, 5.41) is -2.15. The normalized spacial score (nSPS) is 12.9. The van der Waals surface area contributed by atoms with Crippen LogP contribution in [-0.4, -0.2) is 11.4 Å². The van der Waals surface area contributed by atoms with E-state index in [1.807, 2.05) is 0 Å². The molecule has 0 atom stereocenters. The van der Waals surface area contributed by atoms with Gasteiger partial charge in [0, 0.05) is 6.92 Å². The lowest BCUT2D eigenvalue weighted by atomic mass is 10.7. The van der Waals surface area contributed by atoms with Crippen LogP contribution in [0.15, 0.2) is 0 Å². The van der Waals surface area contributed by atoms with Gasteiger partial charge in [-0.2, -0.15) is 8.78 Å². The van der Waals surface area contributed by atoms with Gasteiger partial charge in [0.15, 0.2) is 0 Å². The van der Waals surface area contributed by atoms with Crippen molar-refractivity contribution in [3.63, 3.8) is 0 Å². The van der Waals surface area contributed by atoms with E-state index in [1.54, 1.807) is 0 Å². The molecule has 0 radical (unpaired) electrons. The Labute approximate surface area is 37.4 Å². The highest BCUT2D eigenvalue weighted by atomic mass is 19.4. The van der Waals surface area contributed by atoms with Gasteiger partial charge in [-0.15, -0.1) is 0 Å². The lowest BCUT2D eigenvalue weighted by Gasteiger charge is -2.06. The summed E-state index contributed by atoms with van der Waals surface area (Å²) in [7, 11) is 0. The van der Waals surface area contributed by atoms with Gasteiger partial charge in [0.2, 0.25) is 0 Å². The average Bonchev–Trinajstić information content (AvgIpc) is 1.31. The summed E-state index contributed by atoms with van der Waals surface area (Å²) in [6.45, 7) is 0.104. The Morgan fingerprint density at radius 1 is 1.29 bits per heavy atom. The first kappa shape index (κ1) is 6.68. The summed E-state index contributed by atoms with van der Waals surface area (Å²) < 4.78 is 43.3. The highest BCUT2D eigenvalue weighted by molar-refractivity contribution is 4.39. The molecule has 44 valence electrons. The third-order valence-electron chi connectivity index (χ3n) is 0.297. The summed E-state index contributed by atoms with van der Waals surface area (Å²) in [6.07, 6.45) is 0. The maximum atomic E-state index is 11.0. The number of hydrogen-bond donors (Lipinski definition) is 0. The Morgan fingerprint density at radius 2 is 1.43 bits per heavy atom. The molecule has 0 aliphatic heterocycles. The van der Waals surface area contributed by atoms with Gasteiger partial charge < -0.3 is 0 Å². The van der Waals surface area contributed by atoms with Crippen LogP contribution in [0.4, 0.5) is 17.7 Å². The number of halogens is 4.